The SMILES string of the molecule is O=C1NC(=O)C(c2ccsc2)O1.[Na+]. The van der Waals surface area contributed by atoms with Crippen LogP contribution < -0.4 is 34.9 Å². The van der Waals surface area contributed by atoms with Crippen LogP contribution in [0, 0.1) is 0 Å². The Labute approximate surface area is 101 Å². The summed E-state index contributed by atoms with van der Waals surface area (Å²) < 4.78 is 4.73. The van der Waals surface area contributed by atoms with Crippen LogP contribution >= 0.6 is 11.3 Å². The number of carbonyl (C=O) groups excluding carboxylic acids is 2. The zero-order valence-corrected chi connectivity index (χ0v) is 9.76. The van der Waals surface area contributed by atoms with Crippen molar-refractivity contribution in [1.82, 2.24) is 5.32 Å². The molecule has 0 aromatic carbocycles. The van der Waals surface area contributed by atoms with Gasteiger partial charge in [0.15, 0.2) is 0 Å². The van der Waals surface area contributed by atoms with E-state index >= 15 is 0 Å². The number of alkyl carbamates (subject to hydrolysis) is 1. The van der Waals surface area contributed by atoms with Gasteiger partial charge in [-0.15, -0.1) is 0 Å². The topological polar surface area (TPSA) is 55.4 Å². The van der Waals surface area contributed by atoms with Crippen LogP contribution in [0.2, 0.25) is 0 Å². The maximum absolute atomic E-state index is 11.0. The summed E-state index contributed by atoms with van der Waals surface area (Å²) in [7, 11) is 0. The summed E-state index contributed by atoms with van der Waals surface area (Å²) in [6.45, 7) is 0. The molecule has 1 fully saturated rings. The van der Waals surface area contributed by atoms with Crippen molar-refractivity contribution >= 4 is 23.3 Å². The number of nitrogens with one attached hydrogen (secondary N) is 1. The average Bonchev–Trinajstić information content (AvgIpc) is 2.58. The van der Waals surface area contributed by atoms with Gasteiger partial charge < -0.3 is 4.74 Å². The van der Waals surface area contributed by atoms with Crippen LogP contribution in [-0.4, -0.2) is 12.0 Å². The Hall–Kier alpha value is -0.360. The molecule has 0 spiro atoms. The Morgan fingerprint density at radius 3 is 2.69 bits per heavy atom. The Balaban J connectivity index is 0.000000845. The van der Waals surface area contributed by atoms with E-state index in [-0.39, 0.29) is 29.6 Å². The van der Waals surface area contributed by atoms with Crippen molar-refractivity contribution in [3.05, 3.63) is 22.4 Å². The average molecular weight is 206 g/mol. The summed E-state index contributed by atoms with van der Waals surface area (Å²) in [4.78, 5) is 21.6. The molecule has 2 amide bonds. The fraction of sp³-hybridized carbons (Fsp3) is 0.143. The summed E-state index contributed by atoms with van der Waals surface area (Å²) in [6, 6.07) is 1.76. The van der Waals surface area contributed by atoms with Gasteiger partial charge in [-0.05, 0) is 16.8 Å². The van der Waals surface area contributed by atoms with Crippen molar-refractivity contribution in [2.24, 2.45) is 0 Å². The molecule has 1 aliphatic heterocycles. The van der Waals surface area contributed by atoms with E-state index in [1.54, 1.807) is 11.4 Å². The summed E-state index contributed by atoms with van der Waals surface area (Å²) in [5, 5.41) is 5.67. The number of hydrogen-bond acceptors (Lipinski definition) is 4. The van der Waals surface area contributed by atoms with Crippen molar-refractivity contribution in [3.63, 3.8) is 0 Å². The molecule has 0 aliphatic carbocycles. The summed E-state index contributed by atoms with van der Waals surface area (Å²) >= 11 is 1.46. The monoisotopic (exact) mass is 206 g/mol. The second kappa shape index (κ2) is 4.23. The second-order valence-corrected chi connectivity index (χ2v) is 3.11. The van der Waals surface area contributed by atoms with Crippen LogP contribution in [0.1, 0.15) is 11.7 Å². The largest absolute Gasteiger partial charge is 1.00 e. The number of amides is 2. The number of ether oxygens (including phenoxy) is 1. The minimum absolute atomic E-state index is 0. The van der Waals surface area contributed by atoms with Crippen molar-refractivity contribution in [2.45, 2.75) is 6.10 Å². The molecule has 2 rings (SSSR count). The van der Waals surface area contributed by atoms with E-state index in [1.165, 1.54) is 11.3 Å². The van der Waals surface area contributed by atoms with E-state index in [0.29, 0.717) is 0 Å². The molecular weight excluding hydrogens is 201 g/mol. The van der Waals surface area contributed by atoms with Crippen LogP contribution in [0.4, 0.5) is 4.79 Å². The minimum atomic E-state index is -0.747. The maximum Gasteiger partial charge on any atom is 1.00 e. The summed E-state index contributed by atoms with van der Waals surface area (Å²) in [5.41, 5.74) is 0.725. The number of cyclic esters (lactones) is 1. The number of rotatable bonds is 1. The number of carbonyl (C=O) groups is 2. The van der Waals surface area contributed by atoms with Crippen molar-refractivity contribution in [2.75, 3.05) is 0 Å². The molecule has 2 heterocycles. The van der Waals surface area contributed by atoms with Gasteiger partial charge in [0.25, 0.3) is 5.91 Å². The zero-order valence-electron chi connectivity index (χ0n) is 6.94. The van der Waals surface area contributed by atoms with E-state index in [2.05, 4.69) is 5.32 Å². The molecule has 1 unspecified atom stereocenters. The van der Waals surface area contributed by atoms with Gasteiger partial charge in [-0.2, -0.15) is 11.3 Å². The van der Waals surface area contributed by atoms with Gasteiger partial charge in [0.05, 0.1) is 0 Å². The van der Waals surface area contributed by atoms with E-state index in [0.717, 1.165) is 5.56 Å². The standard InChI is InChI=1S/C7H5NO3S.Na/c9-6-5(11-7(10)8-6)4-1-2-12-3-4;/h1-3,5H,(H,8,9,10);/q;+1. The van der Waals surface area contributed by atoms with Crippen molar-refractivity contribution < 1.29 is 43.9 Å². The number of hydrogen-bond donors (Lipinski definition) is 1. The molecular formula is C7H5NNaO3S+. The predicted molar refractivity (Wildman–Crippen MR) is 41.7 cm³/mol. The van der Waals surface area contributed by atoms with Gasteiger partial charge in [0, 0.05) is 5.56 Å². The fourth-order valence-corrected chi connectivity index (χ4v) is 1.67. The van der Waals surface area contributed by atoms with Crippen LogP contribution in [-0.2, 0) is 9.53 Å². The first-order chi connectivity index (χ1) is 5.77. The van der Waals surface area contributed by atoms with Crippen LogP contribution in [0.25, 0.3) is 0 Å². The molecule has 62 valence electrons. The Morgan fingerprint density at radius 1 is 1.46 bits per heavy atom. The van der Waals surface area contributed by atoms with Gasteiger partial charge in [0.2, 0.25) is 6.10 Å². The molecule has 1 saturated heterocycles. The van der Waals surface area contributed by atoms with E-state index in [1.807, 2.05) is 5.38 Å². The third kappa shape index (κ3) is 2.11. The molecule has 0 radical (unpaired) electrons. The van der Waals surface area contributed by atoms with Gasteiger partial charge in [-0.25, -0.2) is 4.79 Å². The molecule has 1 N–H and O–H groups in total. The predicted octanol–water partition coefficient (Wildman–Crippen LogP) is -1.94. The van der Waals surface area contributed by atoms with Crippen LogP contribution in [0.15, 0.2) is 16.8 Å². The molecule has 0 bridgehead atoms. The summed E-state index contributed by atoms with van der Waals surface area (Å²) in [5.74, 6) is -0.390. The third-order valence-corrected chi connectivity index (χ3v) is 2.24. The second-order valence-electron chi connectivity index (χ2n) is 2.33. The smallest absolute Gasteiger partial charge is 0.431 e. The molecule has 4 nitrogen and oxygen atoms in total. The van der Waals surface area contributed by atoms with Gasteiger partial charge in [0.1, 0.15) is 0 Å². The van der Waals surface area contributed by atoms with Crippen molar-refractivity contribution in [1.29, 1.82) is 0 Å². The Kier molecular flexibility index (Phi) is 3.49. The third-order valence-electron chi connectivity index (χ3n) is 1.53. The zero-order chi connectivity index (χ0) is 8.55. The van der Waals surface area contributed by atoms with Gasteiger partial charge >= 0.3 is 35.7 Å². The Bertz CT molecular complexity index is 324. The minimum Gasteiger partial charge on any atom is -0.431 e. The van der Waals surface area contributed by atoms with Crippen LogP contribution in [0.5, 0.6) is 0 Å². The normalized spacial score (nSPS) is 20.5. The van der Waals surface area contributed by atoms with Crippen molar-refractivity contribution in [3.8, 4) is 0 Å². The van der Waals surface area contributed by atoms with E-state index in [4.69, 9.17) is 4.74 Å². The first kappa shape index (κ1) is 10.7. The fourth-order valence-electron chi connectivity index (χ4n) is 1.000. The molecule has 6 heteroatoms. The molecule has 13 heavy (non-hydrogen) atoms. The van der Waals surface area contributed by atoms with E-state index < -0.39 is 18.1 Å². The summed E-state index contributed by atoms with van der Waals surface area (Å²) in [6.07, 6.45) is -1.42. The van der Waals surface area contributed by atoms with E-state index in [9.17, 15) is 9.59 Å². The molecule has 1 atom stereocenters. The van der Waals surface area contributed by atoms with Crippen LogP contribution in [0.3, 0.4) is 0 Å². The first-order valence-electron chi connectivity index (χ1n) is 3.31. The van der Waals surface area contributed by atoms with Gasteiger partial charge in [-0.1, -0.05) is 0 Å². The molecule has 0 saturated carbocycles. The number of thiophene rings is 1. The molecule has 1 aromatic heterocycles. The Morgan fingerprint density at radius 2 is 2.23 bits per heavy atom. The van der Waals surface area contributed by atoms with Gasteiger partial charge in [-0.3, -0.25) is 10.1 Å². The number of imide groups is 1. The molecule has 1 aliphatic rings. The quantitative estimate of drug-likeness (QED) is 0.544. The molecule has 1 aromatic rings. The maximum atomic E-state index is 11.0. The first-order valence-corrected chi connectivity index (χ1v) is 4.25.